The number of rotatable bonds is 7. The van der Waals surface area contributed by atoms with Crippen molar-refractivity contribution < 1.29 is 14.3 Å². The Balaban J connectivity index is 1.75. The van der Waals surface area contributed by atoms with E-state index in [1.807, 2.05) is 50.2 Å². The number of carbonyl (C=O) groups is 1. The van der Waals surface area contributed by atoms with Gasteiger partial charge in [0.15, 0.2) is 0 Å². The highest BCUT2D eigenvalue weighted by Crippen LogP contribution is 2.32. The molecule has 0 unspecified atom stereocenters. The second-order valence-corrected chi connectivity index (χ2v) is 6.84. The van der Waals surface area contributed by atoms with Crippen LogP contribution in [0.3, 0.4) is 0 Å². The number of methoxy groups -OCH3 is 2. The van der Waals surface area contributed by atoms with E-state index < -0.39 is 5.54 Å². The van der Waals surface area contributed by atoms with Gasteiger partial charge in [0.05, 0.1) is 20.4 Å². The summed E-state index contributed by atoms with van der Waals surface area (Å²) < 4.78 is 10.7. The SMILES string of the molecule is COc1cccc(NC(C)(C)C(=O)Nc2ccc(-c3cn[nH]c3)c(OC)c2)c1. The molecule has 7 nitrogen and oxygen atoms in total. The quantitative estimate of drug-likeness (QED) is 0.578. The van der Waals surface area contributed by atoms with Crippen molar-refractivity contribution in [3.05, 3.63) is 54.9 Å². The predicted molar refractivity (Wildman–Crippen MR) is 110 cm³/mol. The number of aromatic amines is 1. The van der Waals surface area contributed by atoms with Crippen molar-refractivity contribution in [1.29, 1.82) is 0 Å². The van der Waals surface area contributed by atoms with Crippen molar-refractivity contribution in [3.8, 4) is 22.6 Å². The van der Waals surface area contributed by atoms with Gasteiger partial charge < -0.3 is 20.1 Å². The monoisotopic (exact) mass is 380 g/mol. The molecule has 0 aliphatic rings. The average Bonchev–Trinajstić information content (AvgIpc) is 3.22. The first-order valence-corrected chi connectivity index (χ1v) is 8.84. The normalized spacial score (nSPS) is 11.0. The first-order valence-electron chi connectivity index (χ1n) is 8.84. The highest BCUT2D eigenvalue weighted by molar-refractivity contribution is 5.99. The topological polar surface area (TPSA) is 88.3 Å². The van der Waals surface area contributed by atoms with Gasteiger partial charge in [-0.05, 0) is 38.1 Å². The Morgan fingerprint density at radius 3 is 2.57 bits per heavy atom. The molecule has 3 aromatic rings. The van der Waals surface area contributed by atoms with E-state index in [1.165, 1.54) is 0 Å². The molecule has 0 bridgehead atoms. The van der Waals surface area contributed by atoms with E-state index >= 15 is 0 Å². The van der Waals surface area contributed by atoms with E-state index in [1.54, 1.807) is 32.7 Å². The molecule has 1 heterocycles. The summed E-state index contributed by atoms with van der Waals surface area (Å²) in [6.45, 7) is 3.64. The summed E-state index contributed by atoms with van der Waals surface area (Å²) in [5, 5.41) is 12.9. The smallest absolute Gasteiger partial charge is 0.249 e. The van der Waals surface area contributed by atoms with Gasteiger partial charge in [-0.3, -0.25) is 9.89 Å². The number of hydrogen-bond donors (Lipinski definition) is 3. The molecule has 1 aromatic heterocycles. The molecule has 7 heteroatoms. The lowest BCUT2D eigenvalue weighted by atomic mass is 10.0. The molecule has 28 heavy (non-hydrogen) atoms. The number of carbonyl (C=O) groups excluding carboxylic acids is 1. The van der Waals surface area contributed by atoms with E-state index in [-0.39, 0.29) is 5.91 Å². The molecule has 0 radical (unpaired) electrons. The Labute approximate surface area is 164 Å². The predicted octanol–water partition coefficient (Wildman–Crippen LogP) is 3.92. The van der Waals surface area contributed by atoms with Crippen molar-refractivity contribution >= 4 is 17.3 Å². The lowest BCUT2D eigenvalue weighted by Crippen LogP contribution is -2.44. The molecule has 146 valence electrons. The number of aromatic nitrogens is 2. The first kappa shape index (κ1) is 19.3. The Kier molecular flexibility index (Phi) is 5.54. The summed E-state index contributed by atoms with van der Waals surface area (Å²) in [5.74, 6) is 1.20. The maximum Gasteiger partial charge on any atom is 0.249 e. The van der Waals surface area contributed by atoms with Crippen LogP contribution in [0.25, 0.3) is 11.1 Å². The van der Waals surface area contributed by atoms with E-state index in [0.29, 0.717) is 11.4 Å². The molecule has 0 aliphatic heterocycles. The van der Waals surface area contributed by atoms with Crippen LogP contribution in [0.5, 0.6) is 11.5 Å². The number of nitrogens with one attached hydrogen (secondary N) is 3. The van der Waals surface area contributed by atoms with E-state index in [2.05, 4.69) is 20.8 Å². The van der Waals surface area contributed by atoms with Crippen LogP contribution in [0.2, 0.25) is 0 Å². The van der Waals surface area contributed by atoms with Crippen molar-refractivity contribution in [2.75, 3.05) is 24.9 Å². The third kappa shape index (κ3) is 4.25. The first-order chi connectivity index (χ1) is 13.4. The summed E-state index contributed by atoms with van der Waals surface area (Å²) in [6.07, 6.45) is 3.51. The summed E-state index contributed by atoms with van der Waals surface area (Å²) in [6, 6.07) is 13.0. The van der Waals surface area contributed by atoms with Gasteiger partial charge >= 0.3 is 0 Å². The second-order valence-electron chi connectivity index (χ2n) is 6.84. The lowest BCUT2D eigenvalue weighted by molar-refractivity contribution is -0.119. The number of hydrogen-bond acceptors (Lipinski definition) is 5. The number of H-pyrrole nitrogens is 1. The second kappa shape index (κ2) is 8.04. The van der Waals surface area contributed by atoms with Crippen molar-refractivity contribution in [2.45, 2.75) is 19.4 Å². The fourth-order valence-electron chi connectivity index (χ4n) is 2.81. The third-order valence-electron chi connectivity index (χ3n) is 4.36. The molecule has 3 rings (SSSR count). The Bertz CT molecular complexity index is 952. The van der Waals surface area contributed by atoms with Crippen molar-refractivity contribution in [3.63, 3.8) is 0 Å². The van der Waals surface area contributed by atoms with Gasteiger partial charge in [0.2, 0.25) is 5.91 Å². The van der Waals surface area contributed by atoms with Gasteiger partial charge in [-0.15, -0.1) is 0 Å². The van der Waals surface area contributed by atoms with Crippen LogP contribution in [0.1, 0.15) is 13.8 Å². The molecule has 0 spiro atoms. The molecule has 0 atom stereocenters. The minimum atomic E-state index is -0.844. The van der Waals surface area contributed by atoms with Gasteiger partial charge in [-0.2, -0.15) is 5.10 Å². The zero-order valence-corrected chi connectivity index (χ0v) is 16.4. The summed E-state index contributed by atoms with van der Waals surface area (Å²) in [4.78, 5) is 12.8. The Morgan fingerprint density at radius 2 is 1.89 bits per heavy atom. The lowest BCUT2D eigenvalue weighted by Gasteiger charge is -2.26. The number of amides is 1. The highest BCUT2D eigenvalue weighted by atomic mass is 16.5. The largest absolute Gasteiger partial charge is 0.497 e. The molecule has 0 saturated carbocycles. The van der Waals surface area contributed by atoms with Gasteiger partial charge in [0.1, 0.15) is 17.0 Å². The molecule has 0 fully saturated rings. The minimum Gasteiger partial charge on any atom is -0.497 e. The zero-order valence-electron chi connectivity index (χ0n) is 16.4. The number of anilines is 2. The summed E-state index contributed by atoms with van der Waals surface area (Å²) in [5.41, 5.74) is 2.41. The standard InChI is InChI=1S/C21H24N4O3/c1-21(2,25-16-6-5-7-17(10-16)27-3)20(26)24-15-8-9-18(19(11-15)28-4)14-12-22-23-13-14/h5-13,25H,1-4H3,(H,22,23)(H,24,26). The van der Waals surface area contributed by atoms with Crippen LogP contribution < -0.4 is 20.1 Å². The molecule has 3 N–H and O–H groups in total. The van der Waals surface area contributed by atoms with Gasteiger partial charge in [-0.1, -0.05) is 6.07 Å². The Hall–Kier alpha value is -3.48. The van der Waals surface area contributed by atoms with Crippen LogP contribution in [0.15, 0.2) is 54.9 Å². The van der Waals surface area contributed by atoms with Crippen LogP contribution in [-0.4, -0.2) is 35.9 Å². The number of benzene rings is 2. The molecular formula is C21H24N4O3. The maximum atomic E-state index is 12.8. The molecular weight excluding hydrogens is 356 g/mol. The van der Waals surface area contributed by atoms with E-state index in [0.717, 1.165) is 22.6 Å². The van der Waals surface area contributed by atoms with Gasteiger partial charge in [-0.25, -0.2) is 0 Å². The number of ether oxygens (including phenoxy) is 2. The van der Waals surface area contributed by atoms with Crippen LogP contribution in [0.4, 0.5) is 11.4 Å². The van der Waals surface area contributed by atoms with E-state index in [4.69, 9.17) is 9.47 Å². The average molecular weight is 380 g/mol. The molecule has 0 saturated heterocycles. The van der Waals surface area contributed by atoms with Gasteiger partial charge in [0, 0.05) is 40.8 Å². The third-order valence-corrected chi connectivity index (χ3v) is 4.36. The maximum absolute atomic E-state index is 12.8. The van der Waals surface area contributed by atoms with Crippen LogP contribution >= 0.6 is 0 Å². The Morgan fingerprint density at radius 1 is 1.07 bits per heavy atom. The molecule has 2 aromatic carbocycles. The van der Waals surface area contributed by atoms with Crippen molar-refractivity contribution in [1.82, 2.24) is 10.2 Å². The fraction of sp³-hybridized carbons (Fsp3) is 0.238. The van der Waals surface area contributed by atoms with E-state index in [9.17, 15) is 4.79 Å². The number of nitrogens with zero attached hydrogens (tertiary/aromatic N) is 1. The minimum absolute atomic E-state index is 0.173. The molecule has 1 amide bonds. The summed E-state index contributed by atoms with van der Waals surface area (Å²) >= 11 is 0. The fourth-order valence-corrected chi connectivity index (χ4v) is 2.81. The zero-order chi connectivity index (χ0) is 20.1. The van der Waals surface area contributed by atoms with Crippen LogP contribution in [0, 0.1) is 0 Å². The van der Waals surface area contributed by atoms with Crippen molar-refractivity contribution in [2.24, 2.45) is 0 Å². The highest BCUT2D eigenvalue weighted by Gasteiger charge is 2.28. The van der Waals surface area contributed by atoms with Crippen LogP contribution in [-0.2, 0) is 4.79 Å². The van der Waals surface area contributed by atoms with Gasteiger partial charge in [0.25, 0.3) is 0 Å². The summed E-state index contributed by atoms with van der Waals surface area (Å²) in [7, 11) is 3.20. The molecule has 0 aliphatic carbocycles.